The largest absolute Gasteiger partial charge is 0.497 e. The minimum Gasteiger partial charge on any atom is -0.497 e. The van der Waals surface area contributed by atoms with E-state index in [1.54, 1.807) is 27.0 Å². The number of amides is 1. The van der Waals surface area contributed by atoms with E-state index in [2.05, 4.69) is 10.3 Å². The molecule has 0 unspecified atom stereocenters. The van der Waals surface area contributed by atoms with E-state index in [0.717, 1.165) is 23.1 Å². The van der Waals surface area contributed by atoms with Gasteiger partial charge in [0.05, 0.1) is 17.8 Å². The number of fused-ring (bicyclic) bond motifs is 1. The van der Waals surface area contributed by atoms with Gasteiger partial charge in [-0.3, -0.25) is 4.79 Å². The molecule has 10 heteroatoms. The molecule has 0 fully saturated rings. The maximum absolute atomic E-state index is 12.7. The first-order valence-electron chi connectivity index (χ1n) is 9.80. The molecule has 166 valence electrons. The summed E-state index contributed by atoms with van der Waals surface area (Å²) in [5, 5.41) is 3.15. The fraction of sp³-hybridized carbons (Fsp3) is 0.333. The van der Waals surface area contributed by atoms with Crippen LogP contribution in [0.4, 0.5) is 0 Å². The first kappa shape index (κ1) is 23.1. The van der Waals surface area contributed by atoms with E-state index in [4.69, 9.17) is 9.15 Å². The van der Waals surface area contributed by atoms with E-state index in [0.29, 0.717) is 36.0 Å². The molecule has 0 aliphatic heterocycles. The number of carbonyl (C=O) groups excluding carboxylic acids is 1. The number of benzene rings is 2. The molecule has 1 amide bonds. The number of hydrogen-bond acceptors (Lipinski definition) is 7. The average Bonchev–Trinajstić information content (AvgIpc) is 3.19. The zero-order valence-corrected chi connectivity index (χ0v) is 19.3. The Labute approximate surface area is 186 Å². The molecule has 0 aliphatic carbocycles. The van der Waals surface area contributed by atoms with E-state index in [1.165, 1.54) is 16.4 Å². The fourth-order valence-corrected chi connectivity index (χ4v) is 5.13. The molecular formula is C21H25N3O5S2. The number of rotatable bonds is 10. The lowest BCUT2D eigenvalue weighted by Gasteiger charge is -2.18. The molecule has 0 saturated carbocycles. The van der Waals surface area contributed by atoms with Crippen molar-refractivity contribution in [3.05, 3.63) is 48.0 Å². The number of aromatic nitrogens is 1. The van der Waals surface area contributed by atoms with Crippen molar-refractivity contribution in [1.82, 2.24) is 14.6 Å². The van der Waals surface area contributed by atoms with Gasteiger partial charge in [-0.1, -0.05) is 37.7 Å². The second kappa shape index (κ2) is 10.2. The highest BCUT2D eigenvalue weighted by Crippen LogP contribution is 2.26. The number of nitrogens with zero attached hydrogens (tertiary/aromatic N) is 2. The second-order valence-electron chi connectivity index (χ2n) is 6.62. The Kier molecular flexibility index (Phi) is 7.58. The Hall–Kier alpha value is -2.56. The minimum atomic E-state index is -3.58. The summed E-state index contributed by atoms with van der Waals surface area (Å²) in [6.07, 6.45) is 0. The van der Waals surface area contributed by atoms with E-state index in [1.807, 2.05) is 24.3 Å². The van der Waals surface area contributed by atoms with Gasteiger partial charge in [-0.15, -0.1) is 0 Å². The van der Waals surface area contributed by atoms with Gasteiger partial charge in [-0.25, -0.2) is 13.4 Å². The monoisotopic (exact) mass is 463 g/mol. The van der Waals surface area contributed by atoms with Crippen LogP contribution in [0, 0.1) is 0 Å². The minimum absolute atomic E-state index is 0.126. The van der Waals surface area contributed by atoms with Crippen molar-refractivity contribution < 1.29 is 22.4 Å². The lowest BCUT2D eigenvalue weighted by Crippen LogP contribution is -2.30. The summed E-state index contributed by atoms with van der Waals surface area (Å²) in [6.45, 7) is 4.76. The predicted molar refractivity (Wildman–Crippen MR) is 120 cm³/mol. The Morgan fingerprint density at radius 2 is 1.97 bits per heavy atom. The number of oxazole rings is 1. The summed E-state index contributed by atoms with van der Waals surface area (Å²) >= 11 is 1.15. The SMILES string of the molecule is CCN(CC)S(=O)(=O)c1ccc2oc(SCC(=O)NCc3cccc(OC)c3)nc2c1. The van der Waals surface area contributed by atoms with Crippen molar-refractivity contribution in [3.63, 3.8) is 0 Å². The predicted octanol–water partition coefficient (Wildman–Crippen LogP) is 3.28. The Balaban J connectivity index is 1.62. The van der Waals surface area contributed by atoms with Gasteiger partial charge in [0.1, 0.15) is 11.3 Å². The van der Waals surface area contributed by atoms with Crippen molar-refractivity contribution in [2.24, 2.45) is 0 Å². The maximum atomic E-state index is 12.7. The molecule has 31 heavy (non-hydrogen) atoms. The molecule has 8 nitrogen and oxygen atoms in total. The molecule has 0 radical (unpaired) electrons. The first-order chi connectivity index (χ1) is 14.9. The number of carbonyl (C=O) groups is 1. The van der Waals surface area contributed by atoms with Crippen LogP contribution in [0.2, 0.25) is 0 Å². The molecule has 0 saturated heterocycles. The highest BCUT2D eigenvalue weighted by molar-refractivity contribution is 7.99. The normalized spacial score (nSPS) is 11.7. The molecule has 3 aromatic rings. The summed E-state index contributed by atoms with van der Waals surface area (Å²) in [6, 6.07) is 12.1. The molecule has 1 aromatic heterocycles. The first-order valence-corrected chi connectivity index (χ1v) is 12.2. The van der Waals surface area contributed by atoms with Crippen LogP contribution in [0.15, 0.2) is 57.0 Å². The molecule has 1 heterocycles. The van der Waals surface area contributed by atoms with Crippen LogP contribution in [0.3, 0.4) is 0 Å². The van der Waals surface area contributed by atoms with Crippen LogP contribution >= 0.6 is 11.8 Å². The van der Waals surface area contributed by atoms with Gasteiger partial charge < -0.3 is 14.5 Å². The molecule has 0 aliphatic rings. The van der Waals surface area contributed by atoms with Crippen molar-refractivity contribution in [3.8, 4) is 5.75 Å². The maximum Gasteiger partial charge on any atom is 0.257 e. The third-order valence-electron chi connectivity index (χ3n) is 4.63. The summed E-state index contributed by atoms with van der Waals surface area (Å²) in [5.74, 6) is 0.691. The summed E-state index contributed by atoms with van der Waals surface area (Å²) in [5.41, 5.74) is 1.84. The van der Waals surface area contributed by atoms with Gasteiger partial charge >= 0.3 is 0 Å². The average molecular weight is 464 g/mol. The van der Waals surface area contributed by atoms with Crippen molar-refractivity contribution in [2.45, 2.75) is 30.5 Å². The third-order valence-corrected chi connectivity index (χ3v) is 7.51. The summed E-state index contributed by atoms with van der Waals surface area (Å²) in [4.78, 5) is 16.7. The smallest absolute Gasteiger partial charge is 0.257 e. The molecule has 0 spiro atoms. The lowest BCUT2D eigenvalue weighted by atomic mass is 10.2. The molecule has 3 rings (SSSR count). The van der Waals surface area contributed by atoms with Crippen molar-refractivity contribution >= 4 is 38.8 Å². The van der Waals surface area contributed by atoms with E-state index < -0.39 is 10.0 Å². The number of methoxy groups -OCH3 is 1. The van der Waals surface area contributed by atoms with E-state index in [9.17, 15) is 13.2 Å². The quantitative estimate of drug-likeness (QED) is 0.460. The Morgan fingerprint density at radius 3 is 2.68 bits per heavy atom. The van der Waals surface area contributed by atoms with Gasteiger partial charge in [0.15, 0.2) is 5.58 Å². The van der Waals surface area contributed by atoms with Crippen LogP contribution < -0.4 is 10.1 Å². The van der Waals surface area contributed by atoms with Crippen molar-refractivity contribution in [1.29, 1.82) is 0 Å². The molecular weight excluding hydrogens is 438 g/mol. The van der Waals surface area contributed by atoms with Gasteiger partial charge in [0.25, 0.3) is 5.22 Å². The highest BCUT2D eigenvalue weighted by Gasteiger charge is 2.22. The summed E-state index contributed by atoms with van der Waals surface area (Å²) in [7, 11) is -1.98. The van der Waals surface area contributed by atoms with Crippen molar-refractivity contribution in [2.75, 3.05) is 26.0 Å². The number of ether oxygens (including phenoxy) is 1. The third kappa shape index (κ3) is 5.57. The standard InChI is InChI=1S/C21H25N3O5S2/c1-4-24(5-2)31(26,27)17-9-10-19-18(12-17)23-21(29-19)30-14-20(25)22-13-15-7-6-8-16(11-15)28-3/h6-12H,4-5,13-14H2,1-3H3,(H,22,25). The Morgan fingerprint density at radius 1 is 1.19 bits per heavy atom. The lowest BCUT2D eigenvalue weighted by molar-refractivity contribution is -0.118. The summed E-state index contributed by atoms with van der Waals surface area (Å²) < 4.78 is 37.6. The molecule has 2 aromatic carbocycles. The van der Waals surface area contributed by atoms with E-state index >= 15 is 0 Å². The van der Waals surface area contributed by atoms with Crippen LogP contribution in [0.25, 0.3) is 11.1 Å². The Bertz CT molecular complexity index is 1160. The zero-order valence-electron chi connectivity index (χ0n) is 17.6. The van der Waals surface area contributed by atoms with Crippen LogP contribution in [0.5, 0.6) is 5.75 Å². The number of sulfonamides is 1. The molecule has 0 bridgehead atoms. The topological polar surface area (TPSA) is 102 Å². The van der Waals surface area contributed by atoms with Crippen LogP contribution in [-0.2, 0) is 21.4 Å². The fourth-order valence-electron chi connectivity index (χ4n) is 2.98. The highest BCUT2D eigenvalue weighted by atomic mass is 32.2. The zero-order chi connectivity index (χ0) is 22.4. The van der Waals surface area contributed by atoms with Gasteiger partial charge in [-0.2, -0.15) is 4.31 Å². The van der Waals surface area contributed by atoms with Crippen LogP contribution in [-0.4, -0.2) is 49.6 Å². The van der Waals surface area contributed by atoms with Gasteiger partial charge in [0.2, 0.25) is 15.9 Å². The van der Waals surface area contributed by atoms with Crippen LogP contribution in [0.1, 0.15) is 19.4 Å². The number of nitrogens with one attached hydrogen (secondary N) is 1. The molecule has 1 N–H and O–H groups in total. The second-order valence-corrected chi connectivity index (χ2v) is 9.48. The van der Waals surface area contributed by atoms with Gasteiger partial charge in [-0.05, 0) is 35.9 Å². The number of hydrogen-bond donors (Lipinski definition) is 1. The number of thioether (sulfide) groups is 1. The van der Waals surface area contributed by atoms with E-state index in [-0.39, 0.29) is 16.6 Å². The molecule has 0 atom stereocenters. The van der Waals surface area contributed by atoms with Gasteiger partial charge in [0, 0.05) is 19.6 Å².